The van der Waals surface area contributed by atoms with E-state index in [0.29, 0.717) is 30.0 Å². The predicted molar refractivity (Wildman–Crippen MR) is 111 cm³/mol. The highest BCUT2D eigenvalue weighted by atomic mass is 16.5. The van der Waals surface area contributed by atoms with Gasteiger partial charge in [0, 0.05) is 38.5 Å². The number of fused-ring (bicyclic) bond motifs is 1. The molecule has 1 aliphatic carbocycles. The first-order chi connectivity index (χ1) is 14.0. The van der Waals surface area contributed by atoms with Gasteiger partial charge in [0.2, 0.25) is 5.88 Å². The molecular formula is C21H30N4O4. The van der Waals surface area contributed by atoms with Gasteiger partial charge in [-0.25, -0.2) is 4.79 Å². The molecule has 3 rings (SSSR count). The monoisotopic (exact) mass is 402 g/mol. The number of likely N-dealkylation sites (N-methyl/N-ethyl adjacent to an activating group) is 1. The lowest BCUT2D eigenvalue weighted by molar-refractivity contribution is 0.0600. The molecule has 2 aromatic rings. The van der Waals surface area contributed by atoms with E-state index in [0.717, 1.165) is 43.6 Å². The van der Waals surface area contributed by atoms with Gasteiger partial charge in [0.1, 0.15) is 11.9 Å². The highest BCUT2D eigenvalue weighted by molar-refractivity contribution is 5.95. The lowest BCUT2D eigenvalue weighted by atomic mass is 9.94. The zero-order valence-electron chi connectivity index (χ0n) is 17.4. The Morgan fingerprint density at radius 1 is 1.24 bits per heavy atom. The summed E-state index contributed by atoms with van der Waals surface area (Å²) in [5.74, 6) is 0.832. The van der Waals surface area contributed by atoms with E-state index >= 15 is 0 Å². The standard InChI is InChI=1S/C21H30N4O4/c1-4-25(9-10-27-2)19-12-18-17(11-14(13-23-18)21(26)28-3)20(24-19)29-16-7-5-15(22)6-8-16/h11-13,15-16H,4-10,22H2,1-3H3. The van der Waals surface area contributed by atoms with Crippen LogP contribution in [0.25, 0.3) is 10.9 Å². The topological polar surface area (TPSA) is 99.8 Å². The minimum atomic E-state index is -0.437. The van der Waals surface area contributed by atoms with E-state index in [-0.39, 0.29) is 12.1 Å². The fourth-order valence-electron chi connectivity index (χ4n) is 3.56. The Morgan fingerprint density at radius 2 is 2.00 bits per heavy atom. The maximum Gasteiger partial charge on any atom is 0.339 e. The first-order valence-electron chi connectivity index (χ1n) is 10.1. The van der Waals surface area contributed by atoms with Crippen molar-refractivity contribution in [2.24, 2.45) is 5.73 Å². The van der Waals surface area contributed by atoms with E-state index in [1.165, 1.54) is 13.3 Å². The summed E-state index contributed by atoms with van der Waals surface area (Å²) < 4.78 is 16.4. The number of nitrogens with zero attached hydrogens (tertiary/aromatic N) is 3. The van der Waals surface area contributed by atoms with Crippen molar-refractivity contribution in [2.45, 2.75) is 44.8 Å². The second-order valence-electron chi connectivity index (χ2n) is 7.29. The summed E-state index contributed by atoms with van der Waals surface area (Å²) in [6.07, 6.45) is 5.22. The van der Waals surface area contributed by atoms with Gasteiger partial charge in [-0.05, 0) is 38.7 Å². The summed E-state index contributed by atoms with van der Waals surface area (Å²) >= 11 is 0. The van der Waals surface area contributed by atoms with Crippen molar-refractivity contribution in [1.29, 1.82) is 0 Å². The maximum absolute atomic E-state index is 12.0. The first-order valence-corrected chi connectivity index (χ1v) is 10.1. The third-order valence-corrected chi connectivity index (χ3v) is 5.32. The summed E-state index contributed by atoms with van der Waals surface area (Å²) in [4.78, 5) is 23.4. The van der Waals surface area contributed by atoms with Gasteiger partial charge < -0.3 is 24.8 Å². The number of esters is 1. The Hall–Kier alpha value is -2.45. The van der Waals surface area contributed by atoms with Gasteiger partial charge in [0.15, 0.2) is 0 Å². The van der Waals surface area contributed by atoms with E-state index in [1.807, 2.05) is 6.07 Å². The zero-order valence-corrected chi connectivity index (χ0v) is 17.4. The molecule has 0 atom stereocenters. The normalized spacial score (nSPS) is 19.2. The van der Waals surface area contributed by atoms with Crippen LogP contribution in [-0.4, -0.2) is 62.0 Å². The van der Waals surface area contributed by atoms with Gasteiger partial charge in [-0.2, -0.15) is 4.98 Å². The molecule has 8 heteroatoms. The van der Waals surface area contributed by atoms with Crippen LogP contribution < -0.4 is 15.4 Å². The minimum Gasteiger partial charge on any atom is -0.474 e. The van der Waals surface area contributed by atoms with Crippen molar-refractivity contribution in [2.75, 3.05) is 38.8 Å². The van der Waals surface area contributed by atoms with Crippen LogP contribution in [0.3, 0.4) is 0 Å². The number of anilines is 1. The second kappa shape index (κ2) is 9.84. The SMILES string of the molecule is CCN(CCOC)c1cc2ncc(C(=O)OC)cc2c(OC2CCC(N)CC2)n1. The molecule has 0 aromatic carbocycles. The van der Waals surface area contributed by atoms with Gasteiger partial charge >= 0.3 is 5.97 Å². The maximum atomic E-state index is 12.0. The molecule has 2 N–H and O–H groups in total. The van der Waals surface area contributed by atoms with E-state index in [9.17, 15) is 4.79 Å². The smallest absolute Gasteiger partial charge is 0.339 e. The number of methoxy groups -OCH3 is 2. The largest absolute Gasteiger partial charge is 0.474 e. The van der Waals surface area contributed by atoms with E-state index in [4.69, 9.17) is 24.9 Å². The van der Waals surface area contributed by atoms with Gasteiger partial charge in [-0.1, -0.05) is 0 Å². The van der Waals surface area contributed by atoms with Crippen LogP contribution in [0.4, 0.5) is 5.82 Å². The van der Waals surface area contributed by atoms with Crippen LogP contribution >= 0.6 is 0 Å². The average Bonchev–Trinajstić information content (AvgIpc) is 2.75. The summed E-state index contributed by atoms with van der Waals surface area (Å²) in [5.41, 5.74) is 7.12. The molecule has 0 unspecified atom stereocenters. The van der Waals surface area contributed by atoms with Crippen LogP contribution in [0, 0.1) is 0 Å². The van der Waals surface area contributed by atoms with Crippen molar-refractivity contribution in [3.05, 3.63) is 23.9 Å². The van der Waals surface area contributed by atoms with Crippen LogP contribution in [0.5, 0.6) is 5.88 Å². The van der Waals surface area contributed by atoms with Crippen LogP contribution in [-0.2, 0) is 9.47 Å². The van der Waals surface area contributed by atoms with E-state index in [1.54, 1.807) is 13.2 Å². The fourth-order valence-corrected chi connectivity index (χ4v) is 3.56. The van der Waals surface area contributed by atoms with Crippen LogP contribution in [0.15, 0.2) is 18.3 Å². The van der Waals surface area contributed by atoms with Crippen molar-refractivity contribution in [1.82, 2.24) is 9.97 Å². The molecule has 8 nitrogen and oxygen atoms in total. The molecule has 158 valence electrons. The molecule has 1 aliphatic rings. The Labute approximate surface area is 171 Å². The molecule has 29 heavy (non-hydrogen) atoms. The minimum absolute atomic E-state index is 0.0524. The molecule has 1 saturated carbocycles. The van der Waals surface area contributed by atoms with Crippen molar-refractivity contribution < 1.29 is 19.0 Å². The summed E-state index contributed by atoms with van der Waals surface area (Å²) in [5, 5.41) is 0.703. The molecule has 0 radical (unpaired) electrons. The number of nitrogens with two attached hydrogens (primary N) is 1. The molecule has 0 aliphatic heterocycles. The van der Waals surface area contributed by atoms with Crippen molar-refractivity contribution >= 4 is 22.7 Å². The molecule has 0 bridgehead atoms. The highest BCUT2D eigenvalue weighted by Gasteiger charge is 2.23. The number of pyridine rings is 2. The number of hydrogen-bond donors (Lipinski definition) is 1. The summed E-state index contributed by atoms with van der Waals surface area (Å²) in [6.45, 7) is 4.15. The predicted octanol–water partition coefficient (Wildman–Crippen LogP) is 2.54. The van der Waals surface area contributed by atoms with Gasteiger partial charge in [-0.3, -0.25) is 4.98 Å². The van der Waals surface area contributed by atoms with Gasteiger partial charge in [-0.15, -0.1) is 0 Å². The van der Waals surface area contributed by atoms with Crippen molar-refractivity contribution in [3.63, 3.8) is 0 Å². The number of carbonyl (C=O) groups is 1. The Kier molecular flexibility index (Phi) is 7.22. The van der Waals surface area contributed by atoms with Gasteiger partial charge in [0.05, 0.1) is 30.2 Å². The number of carbonyl (C=O) groups excluding carboxylic acids is 1. The lowest BCUT2D eigenvalue weighted by Crippen LogP contribution is -2.32. The van der Waals surface area contributed by atoms with Crippen molar-refractivity contribution in [3.8, 4) is 5.88 Å². The summed E-state index contributed by atoms with van der Waals surface area (Å²) in [6, 6.07) is 3.89. The van der Waals surface area contributed by atoms with Gasteiger partial charge in [0.25, 0.3) is 0 Å². The number of hydrogen-bond acceptors (Lipinski definition) is 8. The Morgan fingerprint density at radius 3 is 2.66 bits per heavy atom. The molecule has 0 saturated heterocycles. The second-order valence-corrected chi connectivity index (χ2v) is 7.29. The quantitative estimate of drug-likeness (QED) is 0.673. The molecule has 2 heterocycles. The third-order valence-electron chi connectivity index (χ3n) is 5.32. The lowest BCUT2D eigenvalue weighted by Gasteiger charge is -2.28. The highest BCUT2D eigenvalue weighted by Crippen LogP contribution is 2.31. The first kappa shape index (κ1) is 21.3. The van der Waals surface area contributed by atoms with Crippen LogP contribution in [0.2, 0.25) is 0 Å². The Bertz CT molecular complexity index is 837. The average molecular weight is 402 g/mol. The zero-order chi connectivity index (χ0) is 20.8. The molecular weight excluding hydrogens is 372 g/mol. The molecule has 0 spiro atoms. The molecule has 2 aromatic heterocycles. The molecule has 1 fully saturated rings. The van der Waals surface area contributed by atoms with Crippen LogP contribution in [0.1, 0.15) is 43.0 Å². The molecule has 0 amide bonds. The summed E-state index contributed by atoms with van der Waals surface area (Å²) in [7, 11) is 3.03. The third kappa shape index (κ3) is 5.13. The Balaban J connectivity index is 2.00. The fraction of sp³-hybridized carbons (Fsp3) is 0.571. The number of aromatic nitrogens is 2. The number of ether oxygens (including phenoxy) is 3. The van der Waals surface area contributed by atoms with E-state index < -0.39 is 5.97 Å². The van der Waals surface area contributed by atoms with E-state index in [2.05, 4.69) is 16.8 Å². The number of rotatable bonds is 8.